The maximum absolute atomic E-state index is 12.8. The summed E-state index contributed by atoms with van der Waals surface area (Å²) in [5.74, 6) is -0.283. The number of hydrogen-bond acceptors (Lipinski definition) is 2. The molecule has 208 valence electrons. The highest BCUT2D eigenvalue weighted by Crippen LogP contribution is 2.22. The predicted molar refractivity (Wildman–Crippen MR) is 175 cm³/mol. The van der Waals surface area contributed by atoms with E-state index >= 15 is 0 Å². The summed E-state index contributed by atoms with van der Waals surface area (Å²) in [7, 11) is 0. The number of anilines is 2. The van der Waals surface area contributed by atoms with Crippen molar-refractivity contribution in [2.75, 3.05) is 10.6 Å². The molecular formula is C39H30N2O2. The number of amides is 2. The third-order valence-electron chi connectivity index (χ3n) is 7.34. The molecule has 0 aliphatic carbocycles. The van der Waals surface area contributed by atoms with E-state index in [4.69, 9.17) is 0 Å². The van der Waals surface area contributed by atoms with Crippen molar-refractivity contribution in [2.24, 2.45) is 0 Å². The molecule has 0 aliphatic rings. The first-order valence-electron chi connectivity index (χ1n) is 14.2. The molecule has 6 rings (SSSR count). The molecule has 0 unspecified atom stereocenters. The summed E-state index contributed by atoms with van der Waals surface area (Å²) in [4.78, 5) is 25.5. The maximum Gasteiger partial charge on any atom is 0.255 e. The van der Waals surface area contributed by atoms with Crippen molar-refractivity contribution in [3.63, 3.8) is 0 Å². The zero-order chi connectivity index (χ0) is 29.4. The molecule has 0 spiro atoms. The molecule has 6 aromatic rings. The van der Waals surface area contributed by atoms with Crippen LogP contribution in [0.25, 0.3) is 22.3 Å². The van der Waals surface area contributed by atoms with Crippen molar-refractivity contribution >= 4 is 23.2 Å². The van der Waals surface area contributed by atoms with Crippen molar-refractivity contribution in [2.45, 2.75) is 6.42 Å². The largest absolute Gasteiger partial charge is 0.322 e. The highest BCUT2D eigenvalue weighted by atomic mass is 16.2. The summed E-state index contributed by atoms with van der Waals surface area (Å²) in [6, 6.07) is 51.2. The van der Waals surface area contributed by atoms with E-state index in [1.54, 1.807) is 0 Å². The lowest BCUT2D eigenvalue weighted by Gasteiger charge is -2.09. The Balaban J connectivity index is 1.01. The molecule has 0 heterocycles. The highest BCUT2D eigenvalue weighted by Gasteiger charge is 2.09. The van der Waals surface area contributed by atoms with Crippen LogP contribution in [0.4, 0.5) is 11.4 Å². The Hall–Kier alpha value is -5.74. The van der Waals surface area contributed by atoms with Crippen LogP contribution in [-0.4, -0.2) is 11.8 Å². The van der Waals surface area contributed by atoms with E-state index in [9.17, 15) is 9.59 Å². The Bertz CT molecular complexity index is 1670. The Kier molecular flexibility index (Phi) is 8.19. The normalized spacial score (nSPS) is 10.6. The Morgan fingerprint density at radius 1 is 0.372 bits per heavy atom. The van der Waals surface area contributed by atoms with Crippen molar-refractivity contribution < 1.29 is 9.59 Å². The van der Waals surface area contributed by atoms with Crippen LogP contribution >= 0.6 is 0 Å². The van der Waals surface area contributed by atoms with Crippen molar-refractivity contribution in [3.8, 4) is 22.3 Å². The quantitative estimate of drug-likeness (QED) is 0.196. The van der Waals surface area contributed by atoms with Gasteiger partial charge in [0.15, 0.2) is 0 Å². The number of carbonyl (C=O) groups is 2. The van der Waals surface area contributed by atoms with E-state index in [0.717, 1.165) is 51.2 Å². The Labute approximate surface area is 251 Å². The lowest BCUT2D eigenvalue weighted by atomic mass is 10.0. The Morgan fingerprint density at radius 3 is 1.05 bits per heavy atom. The summed E-state index contributed by atoms with van der Waals surface area (Å²) in [5, 5.41) is 5.96. The molecule has 43 heavy (non-hydrogen) atoms. The minimum atomic E-state index is -0.142. The molecule has 6 aromatic carbocycles. The van der Waals surface area contributed by atoms with Crippen LogP contribution in [0, 0.1) is 0 Å². The minimum absolute atomic E-state index is 0.142. The molecule has 0 atom stereocenters. The molecule has 0 bridgehead atoms. The number of nitrogens with one attached hydrogen (secondary N) is 2. The van der Waals surface area contributed by atoms with Gasteiger partial charge in [-0.3, -0.25) is 9.59 Å². The van der Waals surface area contributed by atoms with E-state index < -0.39 is 0 Å². The third kappa shape index (κ3) is 6.95. The smallest absolute Gasteiger partial charge is 0.255 e. The van der Waals surface area contributed by atoms with Crippen LogP contribution in [0.15, 0.2) is 158 Å². The molecule has 2 N–H and O–H groups in total. The molecule has 0 aliphatic heterocycles. The van der Waals surface area contributed by atoms with Crippen molar-refractivity contribution in [3.05, 3.63) is 180 Å². The molecule has 4 nitrogen and oxygen atoms in total. The van der Waals surface area contributed by atoms with Gasteiger partial charge in [-0.1, -0.05) is 109 Å². The fourth-order valence-electron chi connectivity index (χ4n) is 4.94. The van der Waals surface area contributed by atoms with Gasteiger partial charge >= 0.3 is 0 Å². The summed E-state index contributed by atoms with van der Waals surface area (Å²) < 4.78 is 0. The van der Waals surface area contributed by atoms with E-state index in [1.807, 2.05) is 133 Å². The minimum Gasteiger partial charge on any atom is -0.322 e. The van der Waals surface area contributed by atoms with Crippen molar-refractivity contribution in [1.82, 2.24) is 0 Å². The van der Waals surface area contributed by atoms with Gasteiger partial charge in [0, 0.05) is 22.5 Å². The molecule has 4 heteroatoms. The summed E-state index contributed by atoms with van der Waals surface area (Å²) in [6.45, 7) is 0. The predicted octanol–water partition coefficient (Wildman–Crippen LogP) is 9.12. The van der Waals surface area contributed by atoms with Crippen LogP contribution in [0.2, 0.25) is 0 Å². The number of rotatable bonds is 8. The van der Waals surface area contributed by atoms with E-state index in [0.29, 0.717) is 11.1 Å². The molecule has 0 radical (unpaired) electrons. The zero-order valence-corrected chi connectivity index (χ0v) is 23.5. The standard InChI is InChI=1S/C39H30N2O2/c42-38(34-19-15-32(16-20-34)30-7-3-1-4-8-30)40-36-23-11-28(12-24-36)27-29-13-25-37(26-14-29)41-39(43)35-21-17-33(18-22-35)31-9-5-2-6-10-31/h1-26H,27H2,(H,40,42)(H,41,43). The van der Waals surface area contributed by atoms with Gasteiger partial charge < -0.3 is 10.6 Å². The number of hydrogen-bond donors (Lipinski definition) is 2. The number of carbonyl (C=O) groups excluding carboxylic acids is 2. The van der Waals surface area contributed by atoms with Gasteiger partial charge in [-0.2, -0.15) is 0 Å². The van der Waals surface area contributed by atoms with Gasteiger partial charge in [0.05, 0.1) is 0 Å². The molecule has 0 saturated heterocycles. The molecule has 0 aromatic heterocycles. The molecule has 2 amide bonds. The van der Waals surface area contributed by atoms with Gasteiger partial charge in [0.25, 0.3) is 11.8 Å². The van der Waals surface area contributed by atoms with Crippen LogP contribution in [-0.2, 0) is 6.42 Å². The molecule has 0 saturated carbocycles. The first-order valence-corrected chi connectivity index (χ1v) is 14.2. The zero-order valence-electron chi connectivity index (χ0n) is 23.5. The monoisotopic (exact) mass is 558 g/mol. The van der Waals surface area contributed by atoms with E-state index in [2.05, 4.69) is 34.9 Å². The van der Waals surface area contributed by atoms with Gasteiger partial charge in [-0.15, -0.1) is 0 Å². The van der Waals surface area contributed by atoms with Gasteiger partial charge in [-0.25, -0.2) is 0 Å². The second-order valence-electron chi connectivity index (χ2n) is 10.4. The second kappa shape index (κ2) is 12.8. The summed E-state index contributed by atoms with van der Waals surface area (Å²) in [6.07, 6.45) is 0.740. The third-order valence-corrected chi connectivity index (χ3v) is 7.34. The molecule has 0 fully saturated rings. The maximum atomic E-state index is 12.8. The van der Waals surface area contributed by atoms with Gasteiger partial charge in [0.1, 0.15) is 0 Å². The van der Waals surface area contributed by atoms with E-state index in [-0.39, 0.29) is 11.8 Å². The van der Waals surface area contributed by atoms with Crippen LogP contribution in [0.5, 0.6) is 0 Å². The van der Waals surface area contributed by atoms with Crippen LogP contribution < -0.4 is 10.6 Å². The van der Waals surface area contributed by atoms with Crippen LogP contribution in [0.1, 0.15) is 31.8 Å². The highest BCUT2D eigenvalue weighted by molar-refractivity contribution is 6.05. The SMILES string of the molecule is O=C(Nc1ccc(Cc2ccc(NC(=O)c3ccc(-c4ccccc4)cc3)cc2)cc1)c1ccc(-c2ccccc2)cc1. The average Bonchev–Trinajstić information content (AvgIpc) is 3.07. The lowest BCUT2D eigenvalue weighted by molar-refractivity contribution is 0.101. The summed E-state index contributed by atoms with van der Waals surface area (Å²) >= 11 is 0. The fraction of sp³-hybridized carbons (Fsp3) is 0.0256. The van der Waals surface area contributed by atoms with Crippen LogP contribution in [0.3, 0.4) is 0 Å². The number of benzene rings is 6. The van der Waals surface area contributed by atoms with E-state index in [1.165, 1.54) is 0 Å². The first-order chi connectivity index (χ1) is 21.1. The lowest BCUT2D eigenvalue weighted by Crippen LogP contribution is -2.11. The average molecular weight is 559 g/mol. The Morgan fingerprint density at radius 2 is 0.698 bits per heavy atom. The molecular weight excluding hydrogens is 528 g/mol. The summed E-state index contributed by atoms with van der Waals surface area (Å²) in [5.41, 5.74) is 9.35. The topological polar surface area (TPSA) is 58.2 Å². The van der Waals surface area contributed by atoms with Gasteiger partial charge in [0.2, 0.25) is 0 Å². The first kappa shape index (κ1) is 27.4. The second-order valence-corrected chi connectivity index (χ2v) is 10.4. The van der Waals surface area contributed by atoms with Gasteiger partial charge in [-0.05, 0) is 88.3 Å². The fourth-order valence-corrected chi connectivity index (χ4v) is 4.94. The van der Waals surface area contributed by atoms with Crippen molar-refractivity contribution in [1.29, 1.82) is 0 Å².